The smallest absolute Gasteiger partial charge is 0.306 e. The summed E-state index contributed by atoms with van der Waals surface area (Å²) in [6, 6.07) is 8.40. The molecule has 20 heavy (non-hydrogen) atoms. The van der Waals surface area contributed by atoms with Crippen LogP contribution in [0.4, 0.5) is 0 Å². The van der Waals surface area contributed by atoms with Gasteiger partial charge in [-0.05, 0) is 6.07 Å². The van der Waals surface area contributed by atoms with E-state index in [0.29, 0.717) is 25.8 Å². The lowest BCUT2D eigenvalue weighted by Crippen LogP contribution is -2.46. The van der Waals surface area contributed by atoms with Crippen LogP contribution < -0.4 is 4.74 Å². The average Bonchev–Trinajstić information content (AvgIpc) is 2.46. The molecule has 0 spiro atoms. The summed E-state index contributed by atoms with van der Waals surface area (Å²) in [5, 5.41) is 8.90. The second-order valence-corrected chi connectivity index (χ2v) is 5.28. The zero-order chi connectivity index (χ0) is 13.9. The summed E-state index contributed by atoms with van der Waals surface area (Å²) in [4.78, 5) is 13.2. The molecule has 0 radical (unpaired) electrons. The summed E-state index contributed by atoms with van der Waals surface area (Å²) in [5.41, 5.74) is 1.20. The Hall–Kier alpha value is -1.59. The van der Waals surface area contributed by atoms with Crippen LogP contribution in [0.15, 0.2) is 24.3 Å². The van der Waals surface area contributed by atoms with E-state index in [-0.39, 0.29) is 12.5 Å². The van der Waals surface area contributed by atoms with Crippen LogP contribution in [-0.2, 0) is 9.53 Å². The maximum atomic E-state index is 10.8. The van der Waals surface area contributed by atoms with Crippen LogP contribution in [0.5, 0.6) is 5.75 Å². The predicted molar refractivity (Wildman–Crippen MR) is 72.9 cm³/mol. The predicted octanol–water partition coefficient (Wildman–Crippen LogP) is 1.69. The highest BCUT2D eigenvalue weighted by Gasteiger charge is 2.31. The number of nitrogens with zero attached hydrogens (tertiary/aromatic N) is 1. The molecule has 2 aliphatic heterocycles. The zero-order valence-electron chi connectivity index (χ0n) is 11.3. The lowest BCUT2D eigenvalue weighted by Gasteiger charge is -2.40. The molecular weight excluding hydrogens is 258 g/mol. The van der Waals surface area contributed by atoms with E-state index in [9.17, 15) is 4.79 Å². The van der Waals surface area contributed by atoms with Crippen LogP contribution >= 0.6 is 0 Å². The second-order valence-electron chi connectivity index (χ2n) is 5.28. The molecule has 3 rings (SSSR count). The number of hydrogen-bond donors (Lipinski definition) is 1. The molecule has 2 atom stereocenters. The summed E-state index contributed by atoms with van der Waals surface area (Å²) < 4.78 is 11.2. The van der Waals surface area contributed by atoms with E-state index >= 15 is 0 Å². The molecule has 1 N–H and O–H groups in total. The lowest BCUT2D eigenvalue weighted by molar-refractivity contribution is -0.142. The molecule has 0 bridgehead atoms. The Morgan fingerprint density at radius 2 is 2.20 bits per heavy atom. The van der Waals surface area contributed by atoms with Crippen molar-refractivity contribution in [2.75, 3.05) is 26.3 Å². The van der Waals surface area contributed by atoms with Crippen molar-refractivity contribution in [2.24, 2.45) is 0 Å². The number of rotatable bonds is 3. The number of carboxylic acids is 1. The van der Waals surface area contributed by atoms with Crippen LogP contribution in [0.2, 0.25) is 0 Å². The van der Waals surface area contributed by atoms with Gasteiger partial charge >= 0.3 is 5.97 Å². The van der Waals surface area contributed by atoms with Crippen LogP contribution in [0.1, 0.15) is 24.4 Å². The van der Waals surface area contributed by atoms with E-state index in [1.54, 1.807) is 0 Å². The largest absolute Gasteiger partial charge is 0.493 e. The summed E-state index contributed by atoms with van der Waals surface area (Å²) in [5.74, 6) is 0.147. The molecule has 0 saturated carbocycles. The third-order valence-electron chi connectivity index (χ3n) is 3.94. The SMILES string of the molecule is O=C(O)CC1CN(C2CCOc3ccccc32)CCO1. The van der Waals surface area contributed by atoms with Crippen molar-refractivity contribution >= 4 is 5.97 Å². The third-order valence-corrected chi connectivity index (χ3v) is 3.94. The molecule has 1 saturated heterocycles. The fraction of sp³-hybridized carbons (Fsp3) is 0.533. The quantitative estimate of drug-likeness (QED) is 0.911. The van der Waals surface area contributed by atoms with Gasteiger partial charge in [-0.15, -0.1) is 0 Å². The second kappa shape index (κ2) is 5.81. The first-order valence-electron chi connectivity index (χ1n) is 7.03. The van der Waals surface area contributed by atoms with E-state index < -0.39 is 5.97 Å². The van der Waals surface area contributed by atoms with Crippen LogP contribution in [-0.4, -0.2) is 48.4 Å². The number of para-hydroxylation sites is 1. The van der Waals surface area contributed by atoms with Gasteiger partial charge in [-0.2, -0.15) is 0 Å². The summed E-state index contributed by atoms with van der Waals surface area (Å²) in [6.45, 7) is 2.82. The number of morpholine rings is 1. The number of benzene rings is 1. The van der Waals surface area contributed by atoms with Gasteiger partial charge in [0, 0.05) is 31.1 Å². The fourth-order valence-corrected chi connectivity index (χ4v) is 3.05. The van der Waals surface area contributed by atoms with E-state index in [4.69, 9.17) is 14.6 Å². The Morgan fingerprint density at radius 1 is 1.35 bits per heavy atom. The Balaban J connectivity index is 1.74. The van der Waals surface area contributed by atoms with Crippen molar-refractivity contribution in [1.29, 1.82) is 0 Å². The topological polar surface area (TPSA) is 59.0 Å². The van der Waals surface area contributed by atoms with Gasteiger partial charge in [0.05, 0.1) is 25.7 Å². The van der Waals surface area contributed by atoms with Crippen molar-refractivity contribution in [1.82, 2.24) is 4.90 Å². The number of ether oxygens (including phenoxy) is 2. The Kier molecular flexibility index (Phi) is 3.89. The summed E-state index contributed by atoms with van der Waals surface area (Å²) >= 11 is 0. The van der Waals surface area contributed by atoms with E-state index in [0.717, 1.165) is 18.7 Å². The van der Waals surface area contributed by atoms with Crippen molar-refractivity contribution in [2.45, 2.75) is 25.0 Å². The molecule has 2 unspecified atom stereocenters. The monoisotopic (exact) mass is 277 g/mol. The highest BCUT2D eigenvalue weighted by molar-refractivity contribution is 5.67. The fourth-order valence-electron chi connectivity index (χ4n) is 3.05. The normalized spacial score (nSPS) is 26.6. The molecule has 2 heterocycles. The molecule has 108 valence electrons. The standard InChI is InChI=1S/C15H19NO4/c17-15(18)9-11-10-16(6-8-19-11)13-5-7-20-14-4-2-1-3-12(13)14/h1-4,11,13H,5-10H2,(H,17,18). The minimum Gasteiger partial charge on any atom is -0.493 e. The van der Waals surface area contributed by atoms with Crippen LogP contribution in [0.25, 0.3) is 0 Å². The van der Waals surface area contributed by atoms with Gasteiger partial charge in [0.15, 0.2) is 0 Å². The highest BCUT2D eigenvalue weighted by atomic mass is 16.5. The number of hydrogen-bond acceptors (Lipinski definition) is 4. The number of carbonyl (C=O) groups is 1. The van der Waals surface area contributed by atoms with Crippen molar-refractivity contribution in [3.63, 3.8) is 0 Å². The first kappa shape index (κ1) is 13.4. The Morgan fingerprint density at radius 3 is 3.05 bits per heavy atom. The molecular formula is C15H19NO4. The van der Waals surface area contributed by atoms with Crippen LogP contribution in [0.3, 0.4) is 0 Å². The van der Waals surface area contributed by atoms with Crippen molar-refractivity contribution in [3.05, 3.63) is 29.8 Å². The molecule has 0 amide bonds. The zero-order valence-corrected chi connectivity index (χ0v) is 11.3. The van der Waals surface area contributed by atoms with E-state index in [1.165, 1.54) is 5.56 Å². The van der Waals surface area contributed by atoms with Gasteiger partial charge in [0.1, 0.15) is 5.75 Å². The number of aliphatic carboxylic acids is 1. The van der Waals surface area contributed by atoms with Crippen molar-refractivity contribution in [3.8, 4) is 5.75 Å². The van der Waals surface area contributed by atoms with Crippen molar-refractivity contribution < 1.29 is 19.4 Å². The number of fused-ring (bicyclic) bond motifs is 1. The minimum absolute atomic E-state index is 0.0708. The van der Waals surface area contributed by atoms with Crippen LogP contribution in [0, 0.1) is 0 Å². The first-order chi connectivity index (χ1) is 9.74. The van der Waals surface area contributed by atoms with Gasteiger partial charge < -0.3 is 14.6 Å². The molecule has 1 fully saturated rings. The maximum Gasteiger partial charge on any atom is 0.306 e. The Bertz CT molecular complexity index is 491. The molecule has 1 aromatic carbocycles. The highest BCUT2D eigenvalue weighted by Crippen LogP contribution is 2.36. The van der Waals surface area contributed by atoms with Gasteiger partial charge in [-0.25, -0.2) is 0 Å². The molecule has 1 aromatic rings. The summed E-state index contributed by atoms with van der Waals surface area (Å²) in [6.07, 6.45) is 0.800. The van der Waals surface area contributed by atoms with Gasteiger partial charge in [0.25, 0.3) is 0 Å². The summed E-state index contributed by atoms with van der Waals surface area (Å²) in [7, 11) is 0. The molecule has 2 aliphatic rings. The average molecular weight is 277 g/mol. The van der Waals surface area contributed by atoms with E-state index in [2.05, 4.69) is 11.0 Å². The Labute approximate surface area is 118 Å². The van der Waals surface area contributed by atoms with Gasteiger partial charge in [-0.3, -0.25) is 9.69 Å². The molecule has 5 nitrogen and oxygen atoms in total. The third kappa shape index (κ3) is 2.78. The first-order valence-corrected chi connectivity index (χ1v) is 7.03. The molecule has 0 aromatic heterocycles. The van der Waals surface area contributed by atoms with E-state index in [1.807, 2.05) is 18.2 Å². The maximum absolute atomic E-state index is 10.8. The minimum atomic E-state index is -0.802. The van der Waals surface area contributed by atoms with Gasteiger partial charge in [-0.1, -0.05) is 18.2 Å². The molecule has 5 heteroatoms. The number of carboxylic acid groups (broad SMARTS) is 1. The van der Waals surface area contributed by atoms with Gasteiger partial charge in [0.2, 0.25) is 0 Å². The molecule has 0 aliphatic carbocycles. The lowest BCUT2D eigenvalue weighted by atomic mass is 9.98.